The van der Waals surface area contributed by atoms with Gasteiger partial charge in [0.25, 0.3) is 5.88 Å². The van der Waals surface area contributed by atoms with E-state index in [1.54, 1.807) is 6.92 Å². The number of aromatic nitrogens is 1. The van der Waals surface area contributed by atoms with Crippen molar-refractivity contribution in [3.8, 4) is 5.88 Å². The average Bonchev–Trinajstić information content (AvgIpc) is 3.06. The molecule has 0 N–H and O–H groups in total. The molecule has 0 amide bonds. The number of nitrogens with zero attached hydrogens (tertiary/aromatic N) is 2. The smallest absolute Gasteiger partial charge is 0.265 e. The lowest BCUT2D eigenvalue weighted by Crippen LogP contribution is -2.50. The zero-order chi connectivity index (χ0) is 19.8. The molecular formula is C21H26N2O4. The number of rotatable bonds is 6. The Labute approximate surface area is 159 Å². The first-order valence-electron chi connectivity index (χ1n) is 9.20. The molecule has 3 unspecified atom stereocenters. The van der Waals surface area contributed by atoms with Crippen molar-refractivity contribution in [3.63, 3.8) is 0 Å². The third-order valence-corrected chi connectivity index (χ3v) is 5.72. The highest BCUT2D eigenvalue weighted by molar-refractivity contribution is 6.16. The molecule has 0 bridgehead atoms. The quantitative estimate of drug-likeness (QED) is 0.723. The van der Waals surface area contributed by atoms with Crippen LogP contribution in [0.2, 0.25) is 0 Å². The first-order valence-corrected chi connectivity index (χ1v) is 9.20. The number of carbonyl (C=O) groups excluding carboxylic acids is 2. The largest absolute Gasteiger partial charge is 0.470 e. The maximum absolute atomic E-state index is 13.4. The van der Waals surface area contributed by atoms with Gasteiger partial charge >= 0.3 is 0 Å². The minimum absolute atomic E-state index is 0.146. The Kier molecular flexibility index (Phi) is 5.20. The Balaban J connectivity index is 2.05. The normalized spacial score (nSPS) is 24.7. The Hall–Kier alpha value is -2.47. The molecule has 27 heavy (non-hydrogen) atoms. The van der Waals surface area contributed by atoms with Gasteiger partial charge in [-0.1, -0.05) is 37.3 Å². The van der Waals surface area contributed by atoms with E-state index in [2.05, 4.69) is 5.16 Å². The van der Waals surface area contributed by atoms with E-state index in [1.165, 1.54) is 6.92 Å². The van der Waals surface area contributed by atoms with E-state index >= 15 is 0 Å². The van der Waals surface area contributed by atoms with E-state index in [0.717, 1.165) is 5.56 Å². The summed E-state index contributed by atoms with van der Waals surface area (Å²) < 4.78 is 11.4. The summed E-state index contributed by atoms with van der Waals surface area (Å²) in [6.07, 6.45) is 0.672. The standard InChI is InChI=1S/C21H26N2O4/c1-6-15-17(23(4)5)18-16(19(25)21(15,3)13(2)24)20(22-27-18)26-12-14-10-8-7-9-11-14/h7-11,15,17H,6,12H2,1-5H3. The van der Waals surface area contributed by atoms with Gasteiger partial charge in [-0.2, -0.15) is 0 Å². The number of hydrogen-bond acceptors (Lipinski definition) is 6. The van der Waals surface area contributed by atoms with Crippen molar-refractivity contribution in [3.05, 3.63) is 47.2 Å². The fraction of sp³-hybridized carbons (Fsp3) is 0.476. The van der Waals surface area contributed by atoms with E-state index in [9.17, 15) is 9.59 Å². The summed E-state index contributed by atoms with van der Waals surface area (Å²) in [6, 6.07) is 9.41. The van der Waals surface area contributed by atoms with Crippen LogP contribution in [0.3, 0.4) is 0 Å². The highest BCUT2D eigenvalue weighted by atomic mass is 16.5. The first-order chi connectivity index (χ1) is 12.8. The molecule has 0 aliphatic heterocycles. The number of benzene rings is 1. The summed E-state index contributed by atoms with van der Waals surface area (Å²) in [5, 5.41) is 4.03. The van der Waals surface area contributed by atoms with E-state index < -0.39 is 5.41 Å². The van der Waals surface area contributed by atoms with E-state index in [0.29, 0.717) is 17.7 Å². The summed E-state index contributed by atoms with van der Waals surface area (Å²) in [5.74, 6) is 0.0395. The minimum atomic E-state index is -1.13. The number of hydrogen-bond donors (Lipinski definition) is 0. The Morgan fingerprint density at radius 3 is 2.52 bits per heavy atom. The summed E-state index contributed by atoms with van der Waals surface area (Å²) in [5.41, 5.74) is 0.127. The lowest BCUT2D eigenvalue weighted by Gasteiger charge is -2.43. The number of ketones is 2. The number of carbonyl (C=O) groups is 2. The third-order valence-electron chi connectivity index (χ3n) is 5.72. The van der Waals surface area contributed by atoms with Crippen LogP contribution in [-0.2, 0) is 11.4 Å². The molecule has 3 atom stereocenters. The second kappa shape index (κ2) is 7.27. The fourth-order valence-corrected chi connectivity index (χ4v) is 4.10. The highest BCUT2D eigenvalue weighted by Gasteiger charge is 2.56. The summed E-state index contributed by atoms with van der Waals surface area (Å²) in [6.45, 7) is 5.48. The molecule has 1 aliphatic rings. The molecule has 0 radical (unpaired) electrons. The molecule has 0 saturated carbocycles. The van der Waals surface area contributed by atoms with Gasteiger partial charge in [0, 0.05) is 5.92 Å². The molecule has 1 aliphatic carbocycles. The van der Waals surface area contributed by atoms with Gasteiger partial charge in [-0.25, -0.2) is 0 Å². The van der Waals surface area contributed by atoms with Crippen molar-refractivity contribution in [1.82, 2.24) is 10.1 Å². The van der Waals surface area contributed by atoms with Crippen molar-refractivity contribution < 1.29 is 18.8 Å². The van der Waals surface area contributed by atoms with Crippen molar-refractivity contribution in [1.29, 1.82) is 0 Å². The zero-order valence-electron chi connectivity index (χ0n) is 16.5. The fourth-order valence-electron chi connectivity index (χ4n) is 4.10. The molecule has 1 aromatic heterocycles. The van der Waals surface area contributed by atoms with Gasteiger partial charge in [-0.3, -0.25) is 14.5 Å². The van der Waals surface area contributed by atoms with Crippen LogP contribution in [0.1, 0.15) is 54.9 Å². The second-order valence-corrected chi connectivity index (χ2v) is 7.51. The van der Waals surface area contributed by atoms with Gasteiger partial charge in [0.05, 0.1) is 11.5 Å². The molecule has 3 rings (SSSR count). The van der Waals surface area contributed by atoms with Crippen LogP contribution in [0.5, 0.6) is 5.88 Å². The molecule has 1 heterocycles. The molecule has 6 heteroatoms. The predicted molar refractivity (Wildman–Crippen MR) is 101 cm³/mol. The number of fused-ring (bicyclic) bond motifs is 1. The Morgan fingerprint density at radius 2 is 1.96 bits per heavy atom. The number of Topliss-reactive ketones (excluding diaryl/α,β-unsaturated/α-hetero) is 2. The summed E-state index contributed by atoms with van der Waals surface area (Å²) >= 11 is 0. The maximum Gasteiger partial charge on any atom is 0.265 e. The molecular weight excluding hydrogens is 344 g/mol. The number of ether oxygens (including phenoxy) is 1. The van der Waals surface area contributed by atoms with Gasteiger partial charge < -0.3 is 9.26 Å². The van der Waals surface area contributed by atoms with Crippen molar-refractivity contribution >= 4 is 11.6 Å². The zero-order valence-corrected chi connectivity index (χ0v) is 16.5. The van der Waals surface area contributed by atoms with Gasteiger partial charge in [0.15, 0.2) is 11.5 Å². The first kappa shape index (κ1) is 19.3. The van der Waals surface area contributed by atoms with Crippen LogP contribution in [0.15, 0.2) is 34.9 Å². The van der Waals surface area contributed by atoms with Crippen LogP contribution >= 0.6 is 0 Å². The van der Waals surface area contributed by atoms with Gasteiger partial charge in [-0.05, 0) is 45.1 Å². The van der Waals surface area contributed by atoms with Crippen molar-refractivity contribution in [2.45, 2.75) is 39.8 Å². The van der Waals surface area contributed by atoms with Crippen molar-refractivity contribution in [2.75, 3.05) is 14.1 Å². The third kappa shape index (κ3) is 3.08. The van der Waals surface area contributed by atoms with Crippen molar-refractivity contribution in [2.24, 2.45) is 11.3 Å². The molecule has 0 saturated heterocycles. The van der Waals surface area contributed by atoms with E-state index in [-0.39, 0.29) is 36.0 Å². The van der Waals surface area contributed by atoms with Gasteiger partial charge in [-0.15, -0.1) is 0 Å². The lowest BCUT2D eigenvalue weighted by molar-refractivity contribution is -0.127. The van der Waals surface area contributed by atoms with Gasteiger partial charge in [0.2, 0.25) is 0 Å². The monoisotopic (exact) mass is 370 g/mol. The minimum Gasteiger partial charge on any atom is -0.470 e. The maximum atomic E-state index is 13.4. The Bertz CT molecular complexity index is 843. The summed E-state index contributed by atoms with van der Waals surface area (Å²) in [7, 11) is 3.83. The van der Waals surface area contributed by atoms with E-state index in [4.69, 9.17) is 9.26 Å². The van der Waals surface area contributed by atoms with Crippen LogP contribution in [0.4, 0.5) is 0 Å². The molecule has 2 aromatic rings. The molecule has 0 spiro atoms. The Morgan fingerprint density at radius 1 is 1.30 bits per heavy atom. The second-order valence-electron chi connectivity index (χ2n) is 7.51. The predicted octanol–water partition coefficient (Wildman–Crippen LogP) is 3.67. The summed E-state index contributed by atoms with van der Waals surface area (Å²) in [4.78, 5) is 27.9. The van der Waals surface area contributed by atoms with Gasteiger partial charge in [0.1, 0.15) is 18.0 Å². The van der Waals surface area contributed by atoms with Crippen LogP contribution < -0.4 is 4.74 Å². The highest BCUT2D eigenvalue weighted by Crippen LogP contribution is 2.51. The lowest BCUT2D eigenvalue weighted by atomic mass is 9.61. The average molecular weight is 370 g/mol. The van der Waals surface area contributed by atoms with Crippen LogP contribution in [-0.4, -0.2) is 35.7 Å². The molecule has 1 aromatic carbocycles. The topological polar surface area (TPSA) is 72.6 Å². The molecule has 0 fully saturated rings. The molecule has 144 valence electrons. The van der Waals surface area contributed by atoms with E-state index in [1.807, 2.05) is 56.3 Å². The van der Waals surface area contributed by atoms with Crippen LogP contribution in [0, 0.1) is 11.3 Å². The SMILES string of the molecule is CCC1C(N(C)C)c2onc(OCc3ccccc3)c2C(=O)C1(C)C(C)=O. The van der Waals surface area contributed by atoms with Crippen LogP contribution in [0.25, 0.3) is 0 Å². The molecule has 6 nitrogen and oxygen atoms in total.